The molecule has 0 saturated carbocycles. The molecule has 2 aromatic carbocycles. The Morgan fingerprint density at radius 2 is 1.68 bits per heavy atom. The van der Waals surface area contributed by atoms with E-state index in [2.05, 4.69) is 36.2 Å². The molecule has 0 radical (unpaired) electrons. The molecule has 1 N–H and O–H groups in total. The SMILES string of the molecule is C=C(C)C(C)OCNC(=O)OCC1c2ccccc2-c2ccccc21. The molecular weight excluding hydrogens is 314 g/mol. The van der Waals surface area contributed by atoms with Gasteiger partial charge < -0.3 is 9.47 Å². The van der Waals surface area contributed by atoms with E-state index in [0.717, 1.165) is 5.57 Å². The highest BCUT2D eigenvalue weighted by atomic mass is 16.6. The fraction of sp³-hybridized carbons (Fsp3) is 0.286. The minimum atomic E-state index is -0.476. The van der Waals surface area contributed by atoms with Crippen LogP contribution in [0.3, 0.4) is 0 Å². The average Bonchev–Trinajstić information content (AvgIpc) is 2.94. The molecule has 0 aromatic heterocycles. The van der Waals surface area contributed by atoms with E-state index in [1.54, 1.807) is 0 Å². The maximum Gasteiger partial charge on any atom is 0.408 e. The van der Waals surface area contributed by atoms with Crippen LogP contribution in [0.15, 0.2) is 60.7 Å². The Morgan fingerprint density at radius 1 is 1.12 bits per heavy atom. The molecule has 1 aliphatic rings. The summed E-state index contributed by atoms with van der Waals surface area (Å²) in [6.07, 6.45) is -0.579. The number of carbonyl (C=O) groups is 1. The van der Waals surface area contributed by atoms with Crippen LogP contribution in [0.1, 0.15) is 30.9 Å². The molecule has 1 unspecified atom stereocenters. The van der Waals surface area contributed by atoms with Crippen LogP contribution < -0.4 is 5.32 Å². The van der Waals surface area contributed by atoms with E-state index < -0.39 is 6.09 Å². The number of amides is 1. The summed E-state index contributed by atoms with van der Waals surface area (Å²) in [5.74, 6) is 0.0633. The van der Waals surface area contributed by atoms with Crippen LogP contribution in [0, 0.1) is 0 Å². The molecule has 4 heteroatoms. The molecule has 0 spiro atoms. The van der Waals surface area contributed by atoms with E-state index >= 15 is 0 Å². The van der Waals surface area contributed by atoms with Crippen molar-refractivity contribution in [3.8, 4) is 11.1 Å². The van der Waals surface area contributed by atoms with Crippen LogP contribution in [0.2, 0.25) is 0 Å². The van der Waals surface area contributed by atoms with E-state index in [4.69, 9.17) is 9.47 Å². The van der Waals surface area contributed by atoms with E-state index in [9.17, 15) is 4.79 Å². The van der Waals surface area contributed by atoms with Crippen molar-refractivity contribution >= 4 is 6.09 Å². The standard InChI is InChI=1S/C21H23NO3/c1-14(2)15(3)25-13-22-21(23)24-12-20-18-10-6-4-8-16(18)17-9-5-7-11-19(17)20/h4-11,15,20H,1,12-13H2,2-3H3,(H,22,23). The maximum atomic E-state index is 11.9. The number of benzene rings is 2. The topological polar surface area (TPSA) is 47.6 Å². The number of fused-ring (bicyclic) bond motifs is 3. The largest absolute Gasteiger partial charge is 0.449 e. The predicted molar refractivity (Wildman–Crippen MR) is 98.4 cm³/mol. The number of ether oxygens (including phenoxy) is 2. The van der Waals surface area contributed by atoms with E-state index in [0.29, 0.717) is 6.61 Å². The van der Waals surface area contributed by atoms with Gasteiger partial charge in [0.25, 0.3) is 0 Å². The number of alkyl carbamates (subject to hydrolysis) is 1. The van der Waals surface area contributed by atoms with Gasteiger partial charge in [0.05, 0.1) is 6.10 Å². The van der Waals surface area contributed by atoms with E-state index in [1.807, 2.05) is 38.1 Å². The number of hydrogen-bond donors (Lipinski definition) is 1. The Hall–Kier alpha value is -2.59. The van der Waals surface area contributed by atoms with Gasteiger partial charge in [-0.15, -0.1) is 0 Å². The number of hydrogen-bond acceptors (Lipinski definition) is 3. The van der Waals surface area contributed by atoms with Crippen LogP contribution >= 0.6 is 0 Å². The van der Waals surface area contributed by atoms with Crippen molar-refractivity contribution in [1.29, 1.82) is 0 Å². The van der Waals surface area contributed by atoms with E-state index in [-0.39, 0.29) is 18.8 Å². The van der Waals surface area contributed by atoms with Crippen LogP contribution in [0.4, 0.5) is 4.79 Å². The lowest BCUT2D eigenvalue weighted by Crippen LogP contribution is -2.30. The second-order valence-electron chi connectivity index (χ2n) is 6.30. The predicted octanol–water partition coefficient (Wildman–Crippen LogP) is 4.46. The smallest absolute Gasteiger partial charge is 0.408 e. The molecule has 1 aliphatic carbocycles. The molecule has 0 saturated heterocycles. The van der Waals surface area contributed by atoms with Gasteiger partial charge in [-0.25, -0.2) is 4.79 Å². The second-order valence-corrected chi connectivity index (χ2v) is 6.30. The van der Waals surface area contributed by atoms with E-state index in [1.165, 1.54) is 22.3 Å². The van der Waals surface area contributed by atoms with Gasteiger partial charge in [0.2, 0.25) is 0 Å². The molecule has 4 nitrogen and oxygen atoms in total. The fourth-order valence-electron chi connectivity index (χ4n) is 3.02. The zero-order valence-corrected chi connectivity index (χ0v) is 14.6. The zero-order valence-electron chi connectivity index (χ0n) is 14.6. The van der Waals surface area contributed by atoms with Gasteiger partial charge in [0.1, 0.15) is 13.3 Å². The third-order valence-corrected chi connectivity index (χ3v) is 4.59. The summed E-state index contributed by atoms with van der Waals surface area (Å²) in [6.45, 7) is 8.00. The van der Waals surface area contributed by atoms with Gasteiger partial charge in [-0.2, -0.15) is 0 Å². The summed E-state index contributed by atoms with van der Waals surface area (Å²) >= 11 is 0. The van der Waals surface area contributed by atoms with Gasteiger partial charge in [0.15, 0.2) is 0 Å². The molecule has 2 aromatic rings. The first-order valence-electron chi connectivity index (χ1n) is 8.43. The zero-order chi connectivity index (χ0) is 17.8. The highest BCUT2D eigenvalue weighted by Crippen LogP contribution is 2.44. The Labute approximate surface area is 148 Å². The summed E-state index contributed by atoms with van der Waals surface area (Å²) in [7, 11) is 0. The molecule has 0 heterocycles. The van der Waals surface area contributed by atoms with Crippen molar-refractivity contribution in [2.75, 3.05) is 13.3 Å². The lowest BCUT2D eigenvalue weighted by Gasteiger charge is -2.16. The molecule has 0 bridgehead atoms. The number of rotatable bonds is 6. The normalized spacial score (nSPS) is 13.7. The minimum Gasteiger partial charge on any atom is -0.449 e. The quantitative estimate of drug-likeness (QED) is 0.625. The summed E-state index contributed by atoms with van der Waals surface area (Å²) in [4.78, 5) is 11.9. The van der Waals surface area contributed by atoms with Crippen molar-refractivity contribution in [2.24, 2.45) is 0 Å². The van der Waals surface area contributed by atoms with Gasteiger partial charge >= 0.3 is 6.09 Å². The third kappa shape index (κ3) is 3.74. The average molecular weight is 337 g/mol. The molecule has 3 rings (SSSR count). The van der Waals surface area contributed by atoms with Crippen molar-refractivity contribution in [1.82, 2.24) is 5.32 Å². The fourth-order valence-corrected chi connectivity index (χ4v) is 3.02. The van der Waals surface area contributed by atoms with Crippen molar-refractivity contribution in [3.63, 3.8) is 0 Å². The van der Waals surface area contributed by atoms with Crippen LogP contribution in [0.5, 0.6) is 0 Å². The summed E-state index contributed by atoms with van der Waals surface area (Å²) in [6, 6.07) is 16.5. The highest BCUT2D eigenvalue weighted by Gasteiger charge is 2.28. The van der Waals surface area contributed by atoms with Gasteiger partial charge in [-0.3, -0.25) is 5.32 Å². The molecule has 0 aliphatic heterocycles. The van der Waals surface area contributed by atoms with Crippen LogP contribution in [-0.4, -0.2) is 25.5 Å². The Bertz CT molecular complexity index is 739. The maximum absolute atomic E-state index is 11.9. The van der Waals surface area contributed by atoms with Crippen LogP contribution in [-0.2, 0) is 9.47 Å². The first-order chi connectivity index (χ1) is 12.1. The second kappa shape index (κ2) is 7.53. The summed E-state index contributed by atoms with van der Waals surface area (Å²) < 4.78 is 10.9. The Balaban J connectivity index is 1.60. The summed E-state index contributed by atoms with van der Waals surface area (Å²) in [5.41, 5.74) is 5.73. The van der Waals surface area contributed by atoms with Gasteiger partial charge in [0, 0.05) is 5.92 Å². The number of carbonyl (C=O) groups excluding carboxylic acids is 1. The first kappa shape index (κ1) is 17.2. The Morgan fingerprint density at radius 3 is 2.24 bits per heavy atom. The minimum absolute atomic E-state index is 0.0633. The molecule has 0 fully saturated rings. The molecule has 130 valence electrons. The van der Waals surface area contributed by atoms with Crippen molar-refractivity contribution in [3.05, 3.63) is 71.8 Å². The third-order valence-electron chi connectivity index (χ3n) is 4.59. The van der Waals surface area contributed by atoms with Gasteiger partial charge in [-0.1, -0.05) is 60.7 Å². The molecule has 25 heavy (non-hydrogen) atoms. The van der Waals surface area contributed by atoms with Crippen molar-refractivity contribution < 1.29 is 14.3 Å². The Kier molecular flexibility index (Phi) is 5.19. The highest BCUT2D eigenvalue weighted by molar-refractivity contribution is 5.79. The lowest BCUT2D eigenvalue weighted by atomic mass is 9.98. The molecular formula is C21H23NO3. The summed E-state index contributed by atoms with van der Waals surface area (Å²) in [5, 5.41) is 2.62. The number of nitrogens with one attached hydrogen (secondary N) is 1. The van der Waals surface area contributed by atoms with Crippen molar-refractivity contribution in [2.45, 2.75) is 25.9 Å². The monoisotopic (exact) mass is 337 g/mol. The van der Waals surface area contributed by atoms with Gasteiger partial charge in [-0.05, 0) is 36.1 Å². The molecule has 1 atom stereocenters. The molecule has 1 amide bonds. The first-order valence-corrected chi connectivity index (χ1v) is 8.43. The van der Waals surface area contributed by atoms with Crippen LogP contribution in [0.25, 0.3) is 11.1 Å². The lowest BCUT2D eigenvalue weighted by molar-refractivity contribution is 0.0661.